The van der Waals surface area contributed by atoms with E-state index < -0.39 is 5.91 Å². The van der Waals surface area contributed by atoms with Crippen LogP contribution in [-0.2, 0) is 11.3 Å². The third-order valence-corrected chi connectivity index (χ3v) is 7.03. The van der Waals surface area contributed by atoms with Gasteiger partial charge in [-0.05, 0) is 79.9 Å². The highest BCUT2D eigenvalue weighted by atomic mass is 32.2. The first-order chi connectivity index (χ1) is 16.0. The monoisotopic (exact) mass is 462 g/mol. The van der Waals surface area contributed by atoms with Gasteiger partial charge in [-0.2, -0.15) is 10.0 Å². The molecule has 170 valence electrons. The molecule has 1 fully saturated rings. The summed E-state index contributed by atoms with van der Waals surface area (Å²) < 4.78 is 7.92. The van der Waals surface area contributed by atoms with E-state index in [0.29, 0.717) is 18.3 Å². The van der Waals surface area contributed by atoms with Crippen molar-refractivity contribution >= 4 is 39.9 Å². The molecule has 0 spiro atoms. The van der Waals surface area contributed by atoms with Crippen LogP contribution >= 0.6 is 11.8 Å². The van der Waals surface area contributed by atoms with Crippen LogP contribution in [0.5, 0.6) is 5.75 Å². The minimum Gasteiger partial charge on any atom is -0.492 e. The Bertz CT molecular complexity index is 1210. The molecule has 8 nitrogen and oxygen atoms in total. The second kappa shape index (κ2) is 8.90. The van der Waals surface area contributed by atoms with Crippen LogP contribution in [0.15, 0.2) is 52.2 Å². The Morgan fingerprint density at radius 2 is 1.97 bits per heavy atom. The van der Waals surface area contributed by atoms with Crippen LogP contribution in [0.3, 0.4) is 0 Å². The molecule has 1 aromatic heterocycles. The van der Waals surface area contributed by atoms with Gasteiger partial charge >= 0.3 is 0 Å². The lowest BCUT2D eigenvalue weighted by molar-refractivity contribution is -0.114. The minimum absolute atomic E-state index is 0.0610. The standard InChI is InChI=1S/C24H26N6O2S/c1-16-7-8-19(14-17(16)2)32-13-12-28-11-5-6-18(28)15-20-21(25)30-23(26-22(20)31)33-24(27-30)29-9-3-4-10-29/h5-8,11,14-15,25H,3-4,9-10,12-13H2,1-2H3/b20-15+,25-21?. The number of aliphatic imine (C=N–C) groups is 1. The molecule has 0 atom stereocenters. The van der Waals surface area contributed by atoms with Crippen molar-refractivity contribution in [3.05, 3.63) is 58.9 Å². The van der Waals surface area contributed by atoms with Crippen molar-refractivity contribution in [3.63, 3.8) is 0 Å². The largest absolute Gasteiger partial charge is 0.492 e. The van der Waals surface area contributed by atoms with Gasteiger partial charge in [-0.1, -0.05) is 6.07 Å². The van der Waals surface area contributed by atoms with E-state index in [0.717, 1.165) is 42.5 Å². The van der Waals surface area contributed by atoms with Crippen LogP contribution in [0.1, 0.15) is 29.7 Å². The number of aryl methyl sites for hydroxylation is 2. The lowest BCUT2D eigenvalue weighted by Gasteiger charge is -2.20. The van der Waals surface area contributed by atoms with Gasteiger partial charge in [-0.15, -0.1) is 5.10 Å². The van der Waals surface area contributed by atoms with Crippen molar-refractivity contribution in [3.8, 4) is 5.75 Å². The maximum Gasteiger partial charge on any atom is 0.283 e. The van der Waals surface area contributed by atoms with Gasteiger partial charge in [0.1, 0.15) is 12.4 Å². The van der Waals surface area contributed by atoms with Gasteiger partial charge < -0.3 is 14.2 Å². The second-order valence-electron chi connectivity index (χ2n) is 8.32. The number of carbonyl (C=O) groups excluding carboxylic acids is 1. The quantitative estimate of drug-likeness (QED) is 0.682. The summed E-state index contributed by atoms with van der Waals surface area (Å²) in [7, 11) is 0. The van der Waals surface area contributed by atoms with E-state index in [4.69, 9.17) is 10.1 Å². The normalized spacial score (nSPS) is 19.3. The Hall–Kier alpha value is -3.33. The molecule has 1 saturated heterocycles. The number of hydrazone groups is 1. The summed E-state index contributed by atoms with van der Waals surface area (Å²) in [5, 5.41) is 15.9. The summed E-state index contributed by atoms with van der Waals surface area (Å²) in [6.45, 7) is 7.16. The summed E-state index contributed by atoms with van der Waals surface area (Å²) >= 11 is 1.36. The van der Waals surface area contributed by atoms with Crippen LogP contribution in [0.4, 0.5) is 0 Å². The maximum absolute atomic E-state index is 12.7. The minimum atomic E-state index is -0.407. The number of rotatable bonds is 5. The second-order valence-corrected chi connectivity index (χ2v) is 9.25. The number of carbonyl (C=O) groups is 1. The zero-order chi connectivity index (χ0) is 22.9. The van der Waals surface area contributed by atoms with Crippen LogP contribution in [-0.4, -0.2) is 56.3 Å². The van der Waals surface area contributed by atoms with Crippen molar-refractivity contribution in [2.24, 2.45) is 10.1 Å². The number of ether oxygens (including phenoxy) is 1. The highest BCUT2D eigenvalue weighted by molar-refractivity contribution is 8.26. The average Bonchev–Trinajstić information content (AvgIpc) is 3.54. The molecular formula is C24H26N6O2S. The van der Waals surface area contributed by atoms with Crippen LogP contribution in [0.25, 0.3) is 6.08 Å². The van der Waals surface area contributed by atoms with Crippen LogP contribution < -0.4 is 4.74 Å². The van der Waals surface area contributed by atoms with Crippen molar-refractivity contribution < 1.29 is 9.53 Å². The molecular weight excluding hydrogens is 436 g/mol. The highest BCUT2D eigenvalue weighted by Crippen LogP contribution is 2.30. The third kappa shape index (κ3) is 4.32. The number of nitrogens with zero attached hydrogens (tertiary/aromatic N) is 5. The number of fused-ring (bicyclic) bond motifs is 1. The number of aromatic nitrogens is 1. The van der Waals surface area contributed by atoms with Gasteiger partial charge in [0.15, 0.2) is 11.0 Å². The van der Waals surface area contributed by atoms with Gasteiger partial charge in [-0.3, -0.25) is 10.2 Å². The predicted octanol–water partition coefficient (Wildman–Crippen LogP) is 3.86. The smallest absolute Gasteiger partial charge is 0.283 e. The molecule has 33 heavy (non-hydrogen) atoms. The number of nitrogens with one attached hydrogen (secondary N) is 1. The number of hydrogen-bond donors (Lipinski definition) is 1. The summed E-state index contributed by atoms with van der Waals surface area (Å²) in [5.41, 5.74) is 3.49. The summed E-state index contributed by atoms with van der Waals surface area (Å²) in [6, 6.07) is 9.91. The lowest BCUT2D eigenvalue weighted by atomic mass is 10.1. The first-order valence-corrected chi connectivity index (χ1v) is 11.9. The Kier molecular flexibility index (Phi) is 5.80. The van der Waals surface area contributed by atoms with Crippen molar-refractivity contribution in [2.45, 2.75) is 33.2 Å². The van der Waals surface area contributed by atoms with E-state index in [-0.39, 0.29) is 11.4 Å². The zero-order valence-corrected chi connectivity index (χ0v) is 19.6. The van der Waals surface area contributed by atoms with Crippen molar-refractivity contribution in [1.29, 1.82) is 5.41 Å². The highest BCUT2D eigenvalue weighted by Gasteiger charge is 2.37. The molecule has 4 heterocycles. The number of hydrogen-bond acceptors (Lipinski definition) is 6. The molecule has 3 aliphatic rings. The van der Waals surface area contributed by atoms with E-state index in [1.165, 1.54) is 27.9 Å². The van der Waals surface area contributed by atoms with E-state index >= 15 is 0 Å². The van der Waals surface area contributed by atoms with Crippen molar-refractivity contribution in [2.75, 3.05) is 19.7 Å². The molecule has 1 aromatic carbocycles. The first kappa shape index (κ1) is 21.5. The number of amidine groups is 3. The first-order valence-electron chi connectivity index (χ1n) is 11.1. The van der Waals surface area contributed by atoms with Gasteiger partial charge in [0, 0.05) is 25.0 Å². The SMILES string of the molecule is Cc1ccc(OCCn2cccc2/C=C2\C(=N)N3N=C(N4CCCC4)SC3=NC2=O)cc1C. The zero-order valence-electron chi connectivity index (χ0n) is 18.7. The summed E-state index contributed by atoms with van der Waals surface area (Å²) in [6.07, 6.45) is 5.93. The van der Waals surface area contributed by atoms with Gasteiger partial charge in [0.05, 0.1) is 12.1 Å². The molecule has 0 bridgehead atoms. The van der Waals surface area contributed by atoms with Gasteiger partial charge in [0.25, 0.3) is 5.91 Å². The molecule has 2 aromatic rings. The number of likely N-dealkylation sites (tertiary alicyclic amines) is 1. The summed E-state index contributed by atoms with van der Waals surface area (Å²) in [4.78, 5) is 19.1. The van der Waals surface area contributed by atoms with Crippen molar-refractivity contribution in [1.82, 2.24) is 14.5 Å². The fourth-order valence-corrected chi connectivity index (χ4v) is 4.94. The summed E-state index contributed by atoms with van der Waals surface area (Å²) in [5.74, 6) is 0.496. The maximum atomic E-state index is 12.7. The Morgan fingerprint density at radius 3 is 2.76 bits per heavy atom. The third-order valence-electron chi connectivity index (χ3n) is 6.06. The molecule has 0 saturated carbocycles. The topological polar surface area (TPSA) is 86.3 Å². The molecule has 1 N–H and O–H groups in total. The Labute approximate surface area is 197 Å². The average molecular weight is 463 g/mol. The van der Waals surface area contributed by atoms with Crippen LogP contribution in [0.2, 0.25) is 0 Å². The number of thioether (sulfide) groups is 1. The van der Waals surface area contributed by atoms with Gasteiger partial charge in [-0.25, -0.2) is 0 Å². The fourth-order valence-electron chi connectivity index (χ4n) is 3.99. The molecule has 3 aliphatic heterocycles. The van der Waals surface area contributed by atoms with E-state index in [9.17, 15) is 4.79 Å². The number of amides is 1. The molecule has 9 heteroatoms. The lowest BCUT2D eigenvalue weighted by Crippen LogP contribution is -2.35. The number of benzene rings is 1. The molecule has 1 amide bonds. The van der Waals surface area contributed by atoms with E-state index in [2.05, 4.69) is 34.9 Å². The van der Waals surface area contributed by atoms with E-state index in [1.54, 1.807) is 6.08 Å². The Balaban J connectivity index is 1.30. The predicted molar refractivity (Wildman–Crippen MR) is 132 cm³/mol. The fraction of sp³-hybridized carbons (Fsp3) is 0.333. The van der Waals surface area contributed by atoms with Crippen LogP contribution in [0, 0.1) is 19.3 Å². The molecule has 0 aliphatic carbocycles. The Morgan fingerprint density at radius 1 is 1.15 bits per heavy atom. The molecule has 0 unspecified atom stereocenters. The van der Waals surface area contributed by atoms with E-state index in [1.807, 2.05) is 35.0 Å². The van der Waals surface area contributed by atoms with Gasteiger partial charge in [0.2, 0.25) is 5.17 Å². The molecule has 0 radical (unpaired) electrons. The molecule has 5 rings (SSSR count).